The minimum Gasteiger partial charge on any atom is -0.494 e. The SMILES string of the molecule is CCNC1CC(C)SCc2c1ccc(OC)c2F. The van der Waals surface area contributed by atoms with Gasteiger partial charge >= 0.3 is 0 Å². The van der Waals surface area contributed by atoms with E-state index >= 15 is 0 Å². The summed E-state index contributed by atoms with van der Waals surface area (Å²) < 4.78 is 19.4. The lowest BCUT2D eigenvalue weighted by Crippen LogP contribution is -2.23. The van der Waals surface area contributed by atoms with Crippen molar-refractivity contribution >= 4 is 11.8 Å². The third kappa shape index (κ3) is 2.64. The Morgan fingerprint density at radius 1 is 1.50 bits per heavy atom. The molecule has 2 unspecified atom stereocenters. The monoisotopic (exact) mass is 269 g/mol. The Labute approximate surface area is 112 Å². The minimum absolute atomic E-state index is 0.195. The second-order valence-corrected chi connectivity index (χ2v) is 6.04. The Hall–Kier alpha value is -0.740. The first-order chi connectivity index (χ1) is 8.67. The fourth-order valence-electron chi connectivity index (χ4n) is 2.44. The second-order valence-electron chi connectivity index (χ2n) is 4.62. The van der Waals surface area contributed by atoms with E-state index in [0.717, 1.165) is 29.8 Å². The van der Waals surface area contributed by atoms with E-state index in [4.69, 9.17) is 4.74 Å². The molecule has 4 heteroatoms. The third-order valence-corrected chi connectivity index (χ3v) is 4.59. The molecule has 2 nitrogen and oxygen atoms in total. The molecule has 1 aliphatic heterocycles. The molecular weight excluding hydrogens is 249 g/mol. The number of methoxy groups -OCH3 is 1. The maximum absolute atomic E-state index is 14.3. The van der Waals surface area contributed by atoms with Crippen LogP contribution in [0.1, 0.15) is 37.4 Å². The van der Waals surface area contributed by atoms with Crippen LogP contribution >= 0.6 is 11.8 Å². The van der Waals surface area contributed by atoms with Crippen LogP contribution in [0.5, 0.6) is 5.75 Å². The van der Waals surface area contributed by atoms with Crippen LogP contribution in [-0.4, -0.2) is 18.9 Å². The van der Waals surface area contributed by atoms with Crippen molar-refractivity contribution < 1.29 is 9.13 Å². The summed E-state index contributed by atoms with van der Waals surface area (Å²) in [7, 11) is 1.51. The first kappa shape index (κ1) is 13.7. The molecule has 0 bridgehead atoms. The van der Waals surface area contributed by atoms with Gasteiger partial charge in [-0.15, -0.1) is 0 Å². The highest BCUT2D eigenvalue weighted by Crippen LogP contribution is 2.38. The van der Waals surface area contributed by atoms with Gasteiger partial charge in [0.25, 0.3) is 0 Å². The van der Waals surface area contributed by atoms with E-state index in [1.54, 1.807) is 6.07 Å². The standard InChI is InChI=1S/C14H20FNOS/c1-4-16-12-7-9(2)18-8-11-10(12)5-6-13(17-3)14(11)15/h5-6,9,12,16H,4,7-8H2,1-3H3. The largest absolute Gasteiger partial charge is 0.494 e. The van der Waals surface area contributed by atoms with Gasteiger partial charge in [0, 0.05) is 22.6 Å². The third-order valence-electron chi connectivity index (χ3n) is 3.37. The van der Waals surface area contributed by atoms with Crippen LogP contribution in [0.2, 0.25) is 0 Å². The molecule has 0 amide bonds. The molecule has 1 heterocycles. The number of fused-ring (bicyclic) bond motifs is 1. The second kappa shape index (κ2) is 5.93. The predicted molar refractivity (Wildman–Crippen MR) is 74.7 cm³/mol. The molecule has 1 N–H and O–H groups in total. The van der Waals surface area contributed by atoms with Crippen LogP contribution in [0.15, 0.2) is 12.1 Å². The lowest BCUT2D eigenvalue weighted by Gasteiger charge is -2.20. The molecular formula is C14H20FNOS. The summed E-state index contributed by atoms with van der Waals surface area (Å²) in [5.41, 5.74) is 1.89. The number of halogens is 1. The van der Waals surface area contributed by atoms with Crippen molar-refractivity contribution in [3.05, 3.63) is 29.1 Å². The lowest BCUT2D eigenvalue weighted by atomic mass is 9.97. The van der Waals surface area contributed by atoms with Gasteiger partial charge in [0.15, 0.2) is 11.6 Å². The fraction of sp³-hybridized carbons (Fsp3) is 0.571. The van der Waals surface area contributed by atoms with E-state index in [-0.39, 0.29) is 11.9 Å². The Balaban J connectivity index is 2.43. The van der Waals surface area contributed by atoms with E-state index in [2.05, 4.69) is 19.2 Å². The van der Waals surface area contributed by atoms with Gasteiger partial charge < -0.3 is 10.1 Å². The molecule has 1 aromatic rings. The van der Waals surface area contributed by atoms with Crippen molar-refractivity contribution in [2.24, 2.45) is 0 Å². The molecule has 18 heavy (non-hydrogen) atoms. The van der Waals surface area contributed by atoms with Gasteiger partial charge in [-0.05, 0) is 24.6 Å². The predicted octanol–water partition coefficient (Wildman–Crippen LogP) is 3.51. The van der Waals surface area contributed by atoms with Crippen molar-refractivity contribution in [3.63, 3.8) is 0 Å². The van der Waals surface area contributed by atoms with Gasteiger partial charge in [-0.3, -0.25) is 0 Å². The first-order valence-corrected chi connectivity index (χ1v) is 7.42. The van der Waals surface area contributed by atoms with Gasteiger partial charge in [-0.1, -0.05) is 19.9 Å². The van der Waals surface area contributed by atoms with E-state index in [9.17, 15) is 4.39 Å². The summed E-state index contributed by atoms with van der Waals surface area (Å²) >= 11 is 1.81. The Kier molecular flexibility index (Phi) is 4.51. The van der Waals surface area contributed by atoms with Crippen molar-refractivity contribution in [2.75, 3.05) is 13.7 Å². The summed E-state index contributed by atoms with van der Waals surface area (Å²) in [6, 6.07) is 3.98. The lowest BCUT2D eigenvalue weighted by molar-refractivity contribution is 0.383. The molecule has 100 valence electrons. The van der Waals surface area contributed by atoms with Gasteiger partial charge in [0.1, 0.15) is 0 Å². The average Bonchev–Trinajstić information content (AvgIpc) is 2.51. The quantitative estimate of drug-likeness (QED) is 0.907. The Bertz CT molecular complexity index is 425. The van der Waals surface area contributed by atoms with Crippen LogP contribution in [0.3, 0.4) is 0 Å². The van der Waals surface area contributed by atoms with E-state index < -0.39 is 0 Å². The van der Waals surface area contributed by atoms with Crippen molar-refractivity contribution in [2.45, 2.75) is 37.3 Å². The maximum atomic E-state index is 14.3. The minimum atomic E-state index is -0.195. The van der Waals surface area contributed by atoms with E-state index in [1.807, 2.05) is 17.8 Å². The zero-order chi connectivity index (χ0) is 13.1. The van der Waals surface area contributed by atoms with E-state index in [1.165, 1.54) is 7.11 Å². The van der Waals surface area contributed by atoms with Crippen LogP contribution in [0.25, 0.3) is 0 Å². The molecule has 0 spiro atoms. The summed E-state index contributed by atoms with van der Waals surface area (Å²) in [6.45, 7) is 5.19. The van der Waals surface area contributed by atoms with E-state index in [0.29, 0.717) is 11.0 Å². The molecule has 1 aliphatic rings. The highest BCUT2D eigenvalue weighted by molar-refractivity contribution is 7.99. The molecule has 0 fully saturated rings. The number of thioether (sulfide) groups is 1. The number of ether oxygens (including phenoxy) is 1. The molecule has 0 radical (unpaired) electrons. The van der Waals surface area contributed by atoms with Crippen LogP contribution in [0.4, 0.5) is 4.39 Å². The average molecular weight is 269 g/mol. The van der Waals surface area contributed by atoms with Gasteiger partial charge in [0.05, 0.1) is 7.11 Å². The number of hydrogen-bond acceptors (Lipinski definition) is 3. The van der Waals surface area contributed by atoms with Crippen LogP contribution < -0.4 is 10.1 Å². The number of rotatable bonds is 3. The molecule has 2 rings (SSSR count). The number of hydrogen-bond donors (Lipinski definition) is 1. The molecule has 0 aliphatic carbocycles. The van der Waals surface area contributed by atoms with Crippen molar-refractivity contribution in [3.8, 4) is 5.75 Å². The molecule has 0 saturated carbocycles. The zero-order valence-corrected chi connectivity index (χ0v) is 11.9. The molecule has 1 aromatic carbocycles. The van der Waals surface area contributed by atoms with Crippen molar-refractivity contribution in [1.29, 1.82) is 0 Å². The van der Waals surface area contributed by atoms with Gasteiger partial charge in [0.2, 0.25) is 0 Å². The van der Waals surface area contributed by atoms with Gasteiger partial charge in [-0.2, -0.15) is 11.8 Å². The highest BCUT2D eigenvalue weighted by Gasteiger charge is 2.25. The molecule has 0 saturated heterocycles. The highest BCUT2D eigenvalue weighted by atomic mass is 32.2. The fourth-order valence-corrected chi connectivity index (χ4v) is 3.51. The summed E-state index contributed by atoms with van der Waals surface area (Å²) in [5, 5.41) is 3.99. The van der Waals surface area contributed by atoms with Crippen LogP contribution in [-0.2, 0) is 5.75 Å². The maximum Gasteiger partial charge on any atom is 0.169 e. The summed E-state index contributed by atoms with van der Waals surface area (Å²) in [4.78, 5) is 0. The van der Waals surface area contributed by atoms with Crippen LogP contribution in [0, 0.1) is 5.82 Å². The summed E-state index contributed by atoms with van der Waals surface area (Å²) in [5.74, 6) is 0.875. The summed E-state index contributed by atoms with van der Waals surface area (Å²) in [6.07, 6.45) is 1.04. The first-order valence-electron chi connectivity index (χ1n) is 6.37. The number of nitrogens with one attached hydrogen (secondary N) is 1. The zero-order valence-electron chi connectivity index (χ0n) is 11.1. The Morgan fingerprint density at radius 2 is 2.28 bits per heavy atom. The Morgan fingerprint density at radius 3 is 2.94 bits per heavy atom. The topological polar surface area (TPSA) is 21.3 Å². The van der Waals surface area contributed by atoms with Crippen molar-refractivity contribution in [1.82, 2.24) is 5.32 Å². The molecule has 2 atom stereocenters. The number of benzene rings is 1. The van der Waals surface area contributed by atoms with Gasteiger partial charge in [-0.25, -0.2) is 4.39 Å². The smallest absolute Gasteiger partial charge is 0.169 e. The normalized spacial score (nSPS) is 23.3. The molecule has 0 aromatic heterocycles.